The summed E-state index contributed by atoms with van der Waals surface area (Å²) < 4.78 is 5.34. The summed E-state index contributed by atoms with van der Waals surface area (Å²) >= 11 is 0. The molecule has 186 valence electrons. The fraction of sp³-hybridized carbons (Fsp3) is 0.333. The SMILES string of the molecule is COCCN1C(=O)c2ccccc2[C@H](C(=O)N2CCN(Cc3ccccc3)CC2)[C@H]1c1ccccc1. The van der Waals surface area contributed by atoms with Crippen LogP contribution in [0.1, 0.15) is 39.0 Å². The minimum Gasteiger partial charge on any atom is -0.383 e. The summed E-state index contributed by atoms with van der Waals surface area (Å²) in [5.74, 6) is -0.419. The molecule has 0 N–H and O–H groups in total. The lowest BCUT2D eigenvalue weighted by molar-refractivity contribution is -0.136. The number of carbonyl (C=O) groups is 2. The fourth-order valence-electron chi connectivity index (χ4n) is 5.48. The number of hydrogen-bond acceptors (Lipinski definition) is 4. The molecule has 2 heterocycles. The standard InChI is InChI=1S/C30H33N3O3/c1-36-21-20-33-28(24-12-6-3-7-13-24)27(25-14-8-9-15-26(25)29(33)34)30(35)32-18-16-31(17-19-32)22-23-10-4-2-5-11-23/h2-15,27-28H,16-22H2,1H3/t27-,28+/m0/s1. The fourth-order valence-corrected chi connectivity index (χ4v) is 5.48. The Morgan fingerprint density at radius 2 is 1.50 bits per heavy atom. The Morgan fingerprint density at radius 3 is 2.19 bits per heavy atom. The summed E-state index contributed by atoms with van der Waals surface area (Å²) in [6, 6.07) is 27.6. The normalized spacial score (nSPS) is 20.3. The molecule has 1 fully saturated rings. The number of fused-ring (bicyclic) bond motifs is 1. The van der Waals surface area contributed by atoms with Crippen LogP contribution in [0.4, 0.5) is 0 Å². The Balaban J connectivity index is 1.43. The van der Waals surface area contributed by atoms with Crippen LogP contribution in [0.5, 0.6) is 0 Å². The molecule has 2 atom stereocenters. The lowest BCUT2D eigenvalue weighted by Gasteiger charge is -2.44. The Labute approximate surface area is 213 Å². The maximum absolute atomic E-state index is 14.2. The number of hydrogen-bond donors (Lipinski definition) is 0. The molecule has 1 saturated heterocycles. The van der Waals surface area contributed by atoms with E-state index in [4.69, 9.17) is 4.74 Å². The average Bonchev–Trinajstić information content (AvgIpc) is 2.93. The maximum Gasteiger partial charge on any atom is 0.254 e. The molecular weight excluding hydrogens is 450 g/mol. The molecule has 0 saturated carbocycles. The van der Waals surface area contributed by atoms with E-state index in [9.17, 15) is 9.59 Å². The van der Waals surface area contributed by atoms with E-state index in [-0.39, 0.29) is 17.9 Å². The topological polar surface area (TPSA) is 53.1 Å². The molecule has 6 nitrogen and oxygen atoms in total. The van der Waals surface area contributed by atoms with Crippen LogP contribution in [0.2, 0.25) is 0 Å². The third-order valence-electron chi connectivity index (χ3n) is 7.32. The van der Waals surface area contributed by atoms with E-state index >= 15 is 0 Å². The number of methoxy groups -OCH3 is 1. The second-order valence-electron chi connectivity index (χ2n) is 9.50. The molecule has 6 heteroatoms. The number of benzene rings is 3. The van der Waals surface area contributed by atoms with Crippen LogP contribution in [0.3, 0.4) is 0 Å². The zero-order valence-electron chi connectivity index (χ0n) is 20.8. The van der Waals surface area contributed by atoms with Gasteiger partial charge in [-0.2, -0.15) is 0 Å². The molecule has 0 aliphatic carbocycles. The third kappa shape index (κ3) is 4.92. The molecule has 5 rings (SSSR count). The third-order valence-corrected chi connectivity index (χ3v) is 7.32. The summed E-state index contributed by atoms with van der Waals surface area (Å²) in [6.45, 7) is 4.75. The van der Waals surface area contributed by atoms with E-state index in [1.807, 2.05) is 70.5 Å². The zero-order valence-corrected chi connectivity index (χ0v) is 20.8. The second-order valence-corrected chi connectivity index (χ2v) is 9.50. The predicted molar refractivity (Wildman–Crippen MR) is 140 cm³/mol. The van der Waals surface area contributed by atoms with Crippen LogP contribution >= 0.6 is 0 Å². The first-order chi connectivity index (χ1) is 17.7. The molecule has 36 heavy (non-hydrogen) atoms. The highest BCUT2D eigenvalue weighted by Gasteiger charge is 2.45. The van der Waals surface area contributed by atoms with Crippen LogP contribution in [-0.4, -0.2) is 73.0 Å². The summed E-state index contributed by atoms with van der Waals surface area (Å²) in [7, 11) is 1.64. The van der Waals surface area contributed by atoms with E-state index < -0.39 is 5.92 Å². The van der Waals surface area contributed by atoms with Crippen molar-refractivity contribution in [3.63, 3.8) is 0 Å². The van der Waals surface area contributed by atoms with Gasteiger partial charge < -0.3 is 14.5 Å². The highest BCUT2D eigenvalue weighted by Crippen LogP contribution is 2.43. The van der Waals surface area contributed by atoms with Gasteiger partial charge in [-0.15, -0.1) is 0 Å². The van der Waals surface area contributed by atoms with Gasteiger partial charge in [0.15, 0.2) is 0 Å². The Kier molecular flexibility index (Phi) is 7.44. The number of carbonyl (C=O) groups excluding carboxylic acids is 2. The van der Waals surface area contributed by atoms with E-state index in [0.29, 0.717) is 31.8 Å². The first-order valence-corrected chi connectivity index (χ1v) is 12.7. The summed E-state index contributed by atoms with van der Waals surface area (Å²) in [5, 5.41) is 0. The van der Waals surface area contributed by atoms with Crippen molar-refractivity contribution in [2.45, 2.75) is 18.5 Å². The van der Waals surface area contributed by atoms with Crippen LogP contribution in [0.15, 0.2) is 84.9 Å². The molecule has 2 amide bonds. The van der Waals surface area contributed by atoms with E-state index in [2.05, 4.69) is 29.2 Å². The number of ether oxygens (including phenoxy) is 1. The molecular formula is C30H33N3O3. The minimum absolute atomic E-state index is 0.0479. The van der Waals surface area contributed by atoms with Crippen molar-refractivity contribution >= 4 is 11.8 Å². The molecule has 0 aromatic heterocycles. The van der Waals surface area contributed by atoms with Crippen molar-refractivity contribution in [3.8, 4) is 0 Å². The van der Waals surface area contributed by atoms with Crippen LogP contribution in [0.25, 0.3) is 0 Å². The highest BCUT2D eigenvalue weighted by atomic mass is 16.5. The monoisotopic (exact) mass is 483 g/mol. The van der Waals surface area contributed by atoms with Gasteiger partial charge >= 0.3 is 0 Å². The molecule has 3 aromatic carbocycles. The van der Waals surface area contributed by atoms with Gasteiger partial charge in [-0.3, -0.25) is 14.5 Å². The number of piperazine rings is 1. The molecule has 2 aliphatic heterocycles. The molecule has 2 aliphatic rings. The van der Waals surface area contributed by atoms with Gasteiger partial charge in [0.05, 0.1) is 18.6 Å². The van der Waals surface area contributed by atoms with Gasteiger partial charge in [-0.25, -0.2) is 0 Å². The van der Waals surface area contributed by atoms with Crippen LogP contribution in [-0.2, 0) is 16.1 Å². The molecule has 0 spiro atoms. The number of amides is 2. The summed E-state index contributed by atoms with van der Waals surface area (Å²) in [5.41, 5.74) is 3.69. The second kappa shape index (κ2) is 11.1. The largest absolute Gasteiger partial charge is 0.383 e. The van der Waals surface area contributed by atoms with E-state index in [1.165, 1.54) is 5.56 Å². The van der Waals surface area contributed by atoms with Gasteiger partial charge in [-0.1, -0.05) is 78.9 Å². The molecule has 3 aromatic rings. The first kappa shape index (κ1) is 24.2. The number of nitrogens with zero attached hydrogens (tertiary/aromatic N) is 3. The Bertz CT molecular complexity index is 1180. The van der Waals surface area contributed by atoms with Gasteiger partial charge in [-0.05, 0) is 22.8 Å². The lowest BCUT2D eigenvalue weighted by atomic mass is 9.78. The van der Waals surface area contributed by atoms with Crippen LogP contribution in [0, 0.1) is 0 Å². The van der Waals surface area contributed by atoms with Crippen molar-refractivity contribution in [3.05, 3.63) is 107 Å². The maximum atomic E-state index is 14.2. The van der Waals surface area contributed by atoms with Crippen LogP contribution < -0.4 is 0 Å². The van der Waals surface area contributed by atoms with E-state index in [1.54, 1.807) is 7.11 Å². The Hall–Kier alpha value is -3.48. The smallest absolute Gasteiger partial charge is 0.254 e. The van der Waals surface area contributed by atoms with Gasteiger partial charge in [0.25, 0.3) is 5.91 Å². The number of rotatable bonds is 7. The highest BCUT2D eigenvalue weighted by molar-refractivity contribution is 6.01. The zero-order chi connectivity index (χ0) is 24.9. The van der Waals surface area contributed by atoms with Gasteiger partial charge in [0.2, 0.25) is 5.91 Å². The minimum atomic E-state index is -0.459. The van der Waals surface area contributed by atoms with Gasteiger partial charge in [0.1, 0.15) is 0 Å². The van der Waals surface area contributed by atoms with Crippen molar-refractivity contribution in [1.29, 1.82) is 0 Å². The van der Waals surface area contributed by atoms with E-state index in [0.717, 1.165) is 30.8 Å². The summed E-state index contributed by atoms with van der Waals surface area (Å²) in [6.07, 6.45) is 0. The molecule has 0 unspecified atom stereocenters. The summed E-state index contributed by atoms with van der Waals surface area (Å²) in [4.78, 5) is 34.1. The molecule has 0 bridgehead atoms. The Morgan fingerprint density at radius 1 is 0.861 bits per heavy atom. The first-order valence-electron chi connectivity index (χ1n) is 12.7. The van der Waals surface area contributed by atoms with Crippen molar-refractivity contribution in [2.75, 3.05) is 46.4 Å². The quantitative estimate of drug-likeness (QED) is 0.511. The van der Waals surface area contributed by atoms with Crippen molar-refractivity contribution < 1.29 is 14.3 Å². The lowest BCUT2D eigenvalue weighted by Crippen LogP contribution is -2.53. The van der Waals surface area contributed by atoms with Crippen molar-refractivity contribution in [2.24, 2.45) is 0 Å². The van der Waals surface area contributed by atoms with Gasteiger partial charge in [0, 0.05) is 51.9 Å². The predicted octanol–water partition coefficient (Wildman–Crippen LogP) is 3.96. The molecule has 0 radical (unpaired) electrons. The van der Waals surface area contributed by atoms with Crippen molar-refractivity contribution in [1.82, 2.24) is 14.7 Å². The average molecular weight is 484 g/mol.